The number of aromatic nitrogens is 4. The van der Waals surface area contributed by atoms with Gasteiger partial charge in [0.2, 0.25) is 17.8 Å². The van der Waals surface area contributed by atoms with E-state index in [4.69, 9.17) is 14.3 Å². The molecule has 4 rings (SSSR count). The minimum absolute atomic E-state index is 0.0219. The van der Waals surface area contributed by atoms with E-state index >= 15 is 0 Å². The topological polar surface area (TPSA) is 210 Å². The number of amides is 1. The number of aromatic amines is 1. The third kappa shape index (κ3) is 10.3. The van der Waals surface area contributed by atoms with Crippen LogP contribution < -0.4 is 14.8 Å². The van der Waals surface area contributed by atoms with Crippen LogP contribution in [-0.4, -0.2) is 55.0 Å². The van der Waals surface area contributed by atoms with Crippen LogP contribution in [0.25, 0.3) is 0 Å². The predicted molar refractivity (Wildman–Crippen MR) is 150 cm³/mol. The number of carbonyl (C=O) groups is 1. The van der Waals surface area contributed by atoms with Crippen LogP contribution in [0.2, 0.25) is 0 Å². The summed E-state index contributed by atoms with van der Waals surface area (Å²) in [5.41, 5.74) is 1.52. The van der Waals surface area contributed by atoms with Crippen LogP contribution in [0.15, 0.2) is 65.7 Å². The molecule has 2 N–H and O–H groups in total. The van der Waals surface area contributed by atoms with Gasteiger partial charge in [-0.15, -0.1) is 10.2 Å². The van der Waals surface area contributed by atoms with Crippen molar-refractivity contribution in [3.8, 4) is 23.3 Å². The van der Waals surface area contributed by atoms with Crippen molar-refractivity contribution in [2.45, 2.75) is 27.7 Å². The van der Waals surface area contributed by atoms with Crippen LogP contribution in [0.1, 0.15) is 25.2 Å². The third-order valence-corrected chi connectivity index (χ3v) is 4.83. The first-order valence-electron chi connectivity index (χ1n) is 12.3. The van der Waals surface area contributed by atoms with Gasteiger partial charge >= 0.3 is 6.03 Å². The summed E-state index contributed by atoms with van der Waals surface area (Å²) >= 11 is 0. The van der Waals surface area contributed by atoms with Crippen molar-refractivity contribution in [1.82, 2.24) is 25.3 Å². The molecule has 2 aromatic heterocycles. The van der Waals surface area contributed by atoms with Crippen LogP contribution in [0.4, 0.5) is 16.2 Å². The first-order valence-corrected chi connectivity index (χ1v) is 12.3. The number of isocyanates is 1. The number of hydrogen-bond donors (Lipinski definition) is 2. The number of non-ortho nitro benzene ring substituents is 2. The lowest BCUT2D eigenvalue weighted by Gasteiger charge is -2.03. The molecule has 16 heteroatoms. The second-order valence-electron chi connectivity index (χ2n) is 8.03. The quantitative estimate of drug-likeness (QED) is 0.120. The number of nitrogens with zero attached hydrogens (tertiary/aromatic N) is 6. The van der Waals surface area contributed by atoms with Gasteiger partial charge in [0.1, 0.15) is 11.5 Å². The Labute approximate surface area is 239 Å². The van der Waals surface area contributed by atoms with Gasteiger partial charge in [-0.3, -0.25) is 25.3 Å². The zero-order valence-electron chi connectivity index (χ0n) is 23.1. The highest BCUT2D eigenvalue weighted by Crippen LogP contribution is 2.24. The predicted octanol–water partition coefficient (Wildman–Crippen LogP) is 5.23. The molecule has 16 nitrogen and oxygen atoms in total. The smallest absolute Gasteiger partial charge is 0.342 e. The number of rotatable bonds is 8. The fourth-order valence-electron chi connectivity index (χ4n) is 2.95. The SMILES string of the molecule is CCN=C=O.CCNC(=O)n1nc(Oc2ccc([N+](=O)[O-])cc2)cc1C.Cc1cc(Oc2ccc([N+](=O)[O-])cc2)n[nH]1. The molecule has 2 aromatic carbocycles. The first-order chi connectivity index (χ1) is 20.1. The minimum atomic E-state index is -0.488. The van der Waals surface area contributed by atoms with E-state index in [-0.39, 0.29) is 23.3 Å². The molecule has 0 aliphatic heterocycles. The summed E-state index contributed by atoms with van der Waals surface area (Å²) in [7, 11) is 0. The van der Waals surface area contributed by atoms with Gasteiger partial charge in [0.05, 0.1) is 15.5 Å². The van der Waals surface area contributed by atoms with E-state index < -0.39 is 9.85 Å². The van der Waals surface area contributed by atoms with E-state index in [0.717, 1.165) is 5.69 Å². The van der Waals surface area contributed by atoms with Crippen molar-refractivity contribution >= 4 is 23.5 Å². The molecule has 4 aromatic rings. The Morgan fingerprint density at radius 3 is 1.86 bits per heavy atom. The molecular weight excluding hydrogens is 552 g/mol. The molecule has 0 unspecified atom stereocenters. The van der Waals surface area contributed by atoms with E-state index in [1.165, 1.54) is 59.3 Å². The highest BCUT2D eigenvalue weighted by molar-refractivity contribution is 5.76. The Kier molecular flexibility index (Phi) is 12.5. The summed E-state index contributed by atoms with van der Waals surface area (Å²) in [5, 5.41) is 34.3. The number of ether oxygens (including phenoxy) is 2. The van der Waals surface area contributed by atoms with E-state index in [0.29, 0.717) is 36.2 Å². The van der Waals surface area contributed by atoms with Crippen molar-refractivity contribution in [2.75, 3.05) is 13.1 Å². The molecule has 0 bridgehead atoms. The van der Waals surface area contributed by atoms with Crippen LogP contribution in [-0.2, 0) is 4.79 Å². The summed E-state index contributed by atoms with van der Waals surface area (Å²) in [4.78, 5) is 44.0. The van der Waals surface area contributed by atoms with Crippen LogP contribution >= 0.6 is 0 Å². The molecule has 0 fully saturated rings. The van der Waals surface area contributed by atoms with Crippen molar-refractivity contribution in [3.05, 3.63) is 92.3 Å². The molecule has 0 atom stereocenters. The van der Waals surface area contributed by atoms with E-state index in [1.54, 1.807) is 26.0 Å². The minimum Gasteiger partial charge on any atom is -0.438 e. The van der Waals surface area contributed by atoms with Crippen LogP contribution in [0.5, 0.6) is 23.3 Å². The Morgan fingerprint density at radius 1 is 0.952 bits per heavy atom. The molecule has 0 saturated carbocycles. The number of nitro benzene ring substituents is 2. The van der Waals surface area contributed by atoms with Gasteiger partial charge in [-0.2, -0.15) is 4.68 Å². The number of aryl methyl sites for hydroxylation is 2. The number of hydrogen-bond acceptors (Lipinski definition) is 11. The first kappa shape index (κ1) is 32.3. The molecular formula is C26H28N8O8. The molecule has 0 spiro atoms. The monoisotopic (exact) mass is 580 g/mol. The normalized spacial score (nSPS) is 9.62. The second-order valence-corrected chi connectivity index (χ2v) is 8.03. The average Bonchev–Trinajstić information content (AvgIpc) is 3.54. The van der Waals surface area contributed by atoms with Gasteiger partial charge in [-0.25, -0.2) is 14.6 Å². The molecule has 1 amide bonds. The number of benzene rings is 2. The third-order valence-electron chi connectivity index (χ3n) is 4.83. The largest absolute Gasteiger partial charge is 0.438 e. The Hall–Kier alpha value is -5.89. The molecule has 0 aliphatic carbocycles. The Morgan fingerprint density at radius 2 is 1.48 bits per heavy atom. The molecule has 42 heavy (non-hydrogen) atoms. The van der Waals surface area contributed by atoms with Gasteiger partial charge < -0.3 is 14.8 Å². The summed E-state index contributed by atoms with van der Waals surface area (Å²) in [5.74, 6) is 1.59. The molecule has 2 heterocycles. The van der Waals surface area contributed by atoms with Gasteiger partial charge in [-0.05, 0) is 52.0 Å². The number of H-pyrrole nitrogens is 1. The van der Waals surface area contributed by atoms with E-state index in [1.807, 2.05) is 13.8 Å². The van der Waals surface area contributed by atoms with Gasteiger partial charge in [0.15, 0.2) is 0 Å². The second kappa shape index (κ2) is 16.3. The van der Waals surface area contributed by atoms with E-state index in [2.05, 4.69) is 25.6 Å². The highest BCUT2D eigenvalue weighted by atomic mass is 16.6. The highest BCUT2D eigenvalue weighted by Gasteiger charge is 2.13. The van der Waals surface area contributed by atoms with Gasteiger partial charge in [0, 0.05) is 55.2 Å². The average molecular weight is 581 g/mol. The maximum absolute atomic E-state index is 11.7. The van der Waals surface area contributed by atoms with Crippen molar-refractivity contribution in [2.24, 2.45) is 4.99 Å². The Balaban J connectivity index is 0.000000259. The summed E-state index contributed by atoms with van der Waals surface area (Å²) in [6, 6.07) is 14.4. The standard InChI is InChI=1S/C13H14N4O4.C10H9N3O3.C3H5NO/c1-3-14-13(18)16-9(2)8-12(15-16)21-11-6-4-10(5-7-11)17(19)20;1-7-6-10(12-11-7)16-9-4-2-8(3-5-9)13(14)15;1-2-4-3-5/h4-8H,3H2,1-2H3,(H,14,18);2-6H,1H3,(H,11,12);2H2,1H3. The number of nitrogens with one attached hydrogen (secondary N) is 2. The molecule has 0 aliphatic rings. The molecule has 0 radical (unpaired) electrons. The fourth-order valence-corrected chi connectivity index (χ4v) is 2.95. The summed E-state index contributed by atoms with van der Waals surface area (Å²) in [6.07, 6.45) is 1.39. The zero-order chi connectivity index (χ0) is 31.1. The summed E-state index contributed by atoms with van der Waals surface area (Å²) < 4.78 is 12.0. The van der Waals surface area contributed by atoms with Crippen molar-refractivity contribution in [3.63, 3.8) is 0 Å². The number of carbonyl (C=O) groups excluding carboxylic acids is 2. The number of aliphatic imine (C=N–C) groups is 1. The van der Waals surface area contributed by atoms with E-state index in [9.17, 15) is 25.0 Å². The molecule has 220 valence electrons. The lowest BCUT2D eigenvalue weighted by Crippen LogP contribution is -2.29. The van der Waals surface area contributed by atoms with Crippen LogP contribution in [0, 0.1) is 34.1 Å². The zero-order valence-corrected chi connectivity index (χ0v) is 23.1. The summed E-state index contributed by atoms with van der Waals surface area (Å²) in [6.45, 7) is 8.22. The van der Waals surface area contributed by atoms with Crippen molar-refractivity contribution < 1.29 is 28.9 Å². The van der Waals surface area contributed by atoms with Gasteiger partial charge in [-0.1, -0.05) is 0 Å². The van der Waals surface area contributed by atoms with Crippen LogP contribution in [0.3, 0.4) is 0 Å². The lowest BCUT2D eigenvalue weighted by atomic mass is 10.3. The molecule has 0 saturated heterocycles. The maximum atomic E-state index is 11.7. The Bertz CT molecular complexity index is 1520. The fraction of sp³-hybridized carbons (Fsp3) is 0.231. The lowest BCUT2D eigenvalue weighted by molar-refractivity contribution is -0.385. The number of nitro groups is 2. The maximum Gasteiger partial charge on any atom is 0.342 e. The van der Waals surface area contributed by atoms with Crippen molar-refractivity contribution in [1.29, 1.82) is 0 Å². The van der Waals surface area contributed by atoms with Gasteiger partial charge in [0.25, 0.3) is 11.4 Å².